The Morgan fingerprint density at radius 1 is 1.67 bits per heavy atom. The average molecular weight is 225 g/mol. The van der Waals surface area contributed by atoms with E-state index in [0.29, 0.717) is 19.6 Å². The van der Waals surface area contributed by atoms with Crippen LogP contribution in [0.3, 0.4) is 0 Å². The molecule has 1 atom stereocenters. The first-order chi connectivity index (χ1) is 7.36. The Balaban J connectivity index is 1.76. The normalized spacial score (nSPS) is 21.5. The fourth-order valence-corrected chi connectivity index (χ4v) is 2.34. The van der Waals surface area contributed by atoms with Gasteiger partial charge >= 0.3 is 0 Å². The number of ketones is 1. The third kappa shape index (κ3) is 3.12. The van der Waals surface area contributed by atoms with Crippen molar-refractivity contribution >= 4 is 17.1 Å². The van der Waals surface area contributed by atoms with Gasteiger partial charge in [-0.15, -0.1) is 11.3 Å². The zero-order valence-electron chi connectivity index (χ0n) is 8.57. The summed E-state index contributed by atoms with van der Waals surface area (Å²) >= 11 is 1.70. The predicted octanol–water partition coefficient (Wildman–Crippen LogP) is 1.24. The van der Waals surface area contributed by atoms with Gasteiger partial charge in [-0.1, -0.05) is 6.07 Å². The predicted molar refractivity (Wildman–Crippen MR) is 60.3 cm³/mol. The summed E-state index contributed by atoms with van der Waals surface area (Å²) in [5.41, 5.74) is 0. The Labute approximate surface area is 93.4 Å². The lowest BCUT2D eigenvalue weighted by Gasteiger charge is -2.22. The first-order valence-electron chi connectivity index (χ1n) is 5.23. The number of thiophene rings is 1. The molecule has 0 amide bonds. The van der Waals surface area contributed by atoms with E-state index in [-0.39, 0.29) is 11.9 Å². The summed E-state index contributed by atoms with van der Waals surface area (Å²) in [6, 6.07) is 4.08. The van der Waals surface area contributed by atoms with Gasteiger partial charge in [0.1, 0.15) is 6.10 Å². The summed E-state index contributed by atoms with van der Waals surface area (Å²) in [5.74, 6) is 0.218. The summed E-state index contributed by atoms with van der Waals surface area (Å²) in [6.07, 6.45) is 1.21. The maximum Gasteiger partial charge on any atom is 0.163 e. The van der Waals surface area contributed by atoms with Crippen LogP contribution >= 0.6 is 11.3 Å². The van der Waals surface area contributed by atoms with Crippen LogP contribution in [-0.2, 0) is 16.0 Å². The van der Waals surface area contributed by atoms with Crippen LogP contribution < -0.4 is 5.32 Å². The Bertz CT molecular complexity index is 304. The zero-order valence-corrected chi connectivity index (χ0v) is 9.39. The van der Waals surface area contributed by atoms with Crippen LogP contribution in [0.5, 0.6) is 0 Å². The van der Waals surface area contributed by atoms with E-state index in [1.807, 2.05) is 11.4 Å². The molecule has 1 unspecified atom stereocenters. The van der Waals surface area contributed by atoms with Gasteiger partial charge in [-0.3, -0.25) is 4.79 Å². The zero-order chi connectivity index (χ0) is 10.5. The largest absolute Gasteiger partial charge is 0.368 e. The van der Waals surface area contributed by atoms with E-state index >= 15 is 0 Å². The molecule has 2 heterocycles. The lowest BCUT2D eigenvalue weighted by molar-refractivity contribution is -0.131. The molecule has 1 saturated heterocycles. The van der Waals surface area contributed by atoms with E-state index in [1.54, 1.807) is 11.3 Å². The van der Waals surface area contributed by atoms with Crippen molar-refractivity contribution in [1.82, 2.24) is 5.32 Å². The van der Waals surface area contributed by atoms with Gasteiger partial charge in [0, 0.05) is 24.4 Å². The lowest BCUT2D eigenvalue weighted by Crippen LogP contribution is -2.43. The average Bonchev–Trinajstić information content (AvgIpc) is 2.80. The minimum atomic E-state index is -0.223. The topological polar surface area (TPSA) is 38.3 Å². The van der Waals surface area contributed by atoms with Crippen molar-refractivity contribution in [2.45, 2.75) is 18.9 Å². The molecule has 2 rings (SSSR count). The van der Waals surface area contributed by atoms with Crippen LogP contribution in [-0.4, -0.2) is 31.6 Å². The van der Waals surface area contributed by atoms with Gasteiger partial charge in [-0.25, -0.2) is 0 Å². The number of carbonyl (C=O) groups excluding carboxylic acids is 1. The molecule has 1 aromatic rings. The molecule has 1 N–H and O–H groups in total. The Morgan fingerprint density at radius 2 is 2.60 bits per heavy atom. The lowest BCUT2D eigenvalue weighted by atomic mass is 10.1. The molecule has 15 heavy (non-hydrogen) atoms. The molecule has 3 nitrogen and oxygen atoms in total. The summed E-state index contributed by atoms with van der Waals surface area (Å²) < 4.78 is 5.40. The second-order valence-electron chi connectivity index (χ2n) is 3.61. The van der Waals surface area contributed by atoms with Crippen molar-refractivity contribution in [2.24, 2.45) is 0 Å². The van der Waals surface area contributed by atoms with Gasteiger partial charge in [0.05, 0.1) is 6.61 Å². The van der Waals surface area contributed by atoms with Crippen molar-refractivity contribution in [3.05, 3.63) is 22.4 Å². The molecular formula is C11H15NO2S. The van der Waals surface area contributed by atoms with Gasteiger partial charge in [0.15, 0.2) is 5.78 Å². The smallest absolute Gasteiger partial charge is 0.163 e. The van der Waals surface area contributed by atoms with Crippen molar-refractivity contribution in [3.63, 3.8) is 0 Å². The molecule has 1 aromatic heterocycles. The Hall–Kier alpha value is -0.710. The maximum atomic E-state index is 11.7. The number of rotatable bonds is 4. The van der Waals surface area contributed by atoms with Gasteiger partial charge in [-0.05, 0) is 17.9 Å². The van der Waals surface area contributed by atoms with Crippen molar-refractivity contribution < 1.29 is 9.53 Å². The standard InChI is InChI=1S/C11H15NO2S/c13-10(11-8-12-5-6-14-11)4-3-9-2-1-7-15-9/h1-2,7,11-12H,3-6,8H2. The maximum absolute atomic E-state index is 11.7. The summed E-state index contributed by atoms with van der Waals surface area (Å²) in [5, 5.41) is 5.21. The van der Waals surface area contributed by atoms with Gasteiger partial charge < -0.3 is 10.1 Å². The Kier molecular flexibility index (Phi) is 3.88. The number of morpholine rings is 1. The monoisotopic (exact) mass is 225 g/mol. The molecule has 82 valence electrons. The number of hydrogen-bond acceptors (Lipinski definition) is 4. The minimum Gasteiger partial charge on any atom is -0.368 e. The number of nitrogens with one attached hydrogen (secondary N) is 1. The quantitative estimate of drug-likeness (QED) is 0.838. The molecule has 0 saturated carbocycles. The first-order valence-corrected chi connectivity index (χ1v) is 6.11. The van der Waals surface area contributed by atoms with E-state index in [4.69, 9.17) is 4.74 Å². The van der Waals surface area contributed by atoms with Crippen molar-refractivity contribution in [1.29, 1.82) is 0 Å². The molecule has 0 spiro atoms. The van der Waals surface area contributed by atoms with Crippen LogP contribution in [0, 0.1) is 0 Å². The van der Waals surface area contributed by atoms with Crippen molar-refractivity contribution in [3.8, 4) is 0 Å². The second-order valence-corrected chi connectivity index (χ2v) is 4.64. The highest BCUT2D eigenvalue weighted by Gasteiger charge is 2.20. The van der Waals surface area contributed by atoms with Gasteiger partial charge in [-0.2, -0.15) is 0 Å². The molecule has 1 aliphatic rings. The molecule has 4 heteroatoms. The minimum absolute atomic E-state index is 0.218. The van der Waals surface area contributed by atoms with Gasteiger partial charge in [0.25, 0.3) is 0 Å². The van der Waals surface area contributed by atoms with E-state index in [0.717, 1.165) is 13.0 Å². The van der Waals surface area contributed by atoms with E-state index < -0.39 is 0 Å². The van der Waals surface area contributed by atoms with Crippen LogP contribution in [0.2, 0.25) is 0 Å². The number of aryl methyl sites for hydroxylation is 1. The molecule has 0 aliphatic carbocycles. The molecule has 0 aromatic carbocycles. The molecule has 0 radical (unpaired) electrons. The summed E-state index contributed by atoms with van der Waals surface area (Å²) in [6.45, 7) is 2.17. The van der Waals surface area contributed by atoms with Crippen molar-refractivity contribution in [2.75, 3.05) is 19.7 Å². The van der Waals surface area contributed by atoms with E-state index in [2.05, 4.69) is 11.4 Å². The summed E-state index contributed by atoms with van der Waals surface area (Å²) in [7, 11) is 0. The van der Waals surface area contributed by atoms with Crippen LogP contribution in [0.4, 0.5) is 0 Å². The third-order valence-corrected chi connectivity index (χ3v) is 3.42. The van der Waals surface area contributed by atoms with E-state index in [9.17, 15) is 4.79 Å². The third-order valence-electron chi connectivity index (χ3n) is 2.48. The van der Waals surface area contributed by atoms with Crippen LogP contribution in [0.1, 0.15) is 11.3 Å². The Morgan fingerprint density at radius 3 is 3.27 bits per heavy atom. The first kappa shape index (κ1) is 10.8. The second kappa shape index (κ2) is 5.39. The number of Topliss-reactive ketones (excluding diaryl/α,β-unsaturated/α-hetero) is 1. The highest BCUT2D eigenvalue weighted by Crippen LogP contribution is 2.12. The van der Waals surface area contributed by atoms with Crippen LogP contribution in [0.15, 0.2) is 17.5 Å². The molecule has 0 bridgehead atoms. The highest BCUT2D eigenvalue weighted by atomic mass is 32.1. The summed E-state index contributed by atoms with van der Waals surface area (Å²) in [4.78, 5) is 13.0. The SMILES string of the molecule is O=C(CCc1cccs1)C1CNCCO1. The fourth-order valence-electron chi connectivity index (χ4n) is 1.63. The number of ether oxygens (including phenoxy) is 1. The molecular weight excluding hydrogens is 210 g/mol. The van der Waals surface area contributed by atoms with Gasteiger partial charge in [0.2, 0.25) is 0 Å². The highest BCUT2D eigenvalue weighted by molar-refractivity contribution is 7.09. The molecule has 1 fully saturated rings. The fraction of sp³-hybridized carbons (Fsp3) is 0.545. The van der Waals surface area contributed by atoms with Crippen LogP contribution in [0.25, 0.3) is 0 Å². The number of hydrogen-bond donors (Lipinski definition) is 1. The molecule has 1 aliphatic heterocycles. The van der Waals surface area contributed by atoms with E-state index in [1.165, 1.54) is 4.88 Å². The number of carbonyl (C=O) groups is 1.